The Labute approximate surface area is 191 Å². The van der Waals surface area contributed by atoms with E-state index in [4.69, 9.17) is 4.74 Å². The van der Waals surface area contributed by atoms with Gasteiger partial charge in [0.15, 0.2) is 0 Å². The molecular formula is C27H35N3O2. The molecule has 5 heteroatoms. The lowest BCUT2D eigenvalue weighted by atomic mass is 9.96. The highest BCUT2D eigenvalue weighted by Gasteiger charge is 2.43. The van der Waals surface area contributed by atoms with Crippen molar-refractivity contribution in [1.82, 2.24) is 4.90 Å². The third-order valence-electron chi connectivity index (χ3n) is 7.73. The summed E-state index contributed by atoms with van der Waals surface area (Å²) in [4.78, 5) is 17.6. The molecule has 3 aliphatic rings. The number of nitrogens with one attached hydrogen (secondary N) is 1. The number of anilines is 2. The van der Waals surface area contributed by atoms with Gasteiger partial charge in [0.1, 0.15) is 0 Å². The Hall–Kier alpha value is -2.37. The lowest BCUT2D eigenvalue weighted by Crippen LogP contribution is -2.34. The molecule has 32 heavy (non-hydrogen) atoms. The van der Waals surface area contributed by atoms with Crippen LogP contribution >= 0.6 is 0 Å². The fourth-order valence-electron chi connectivity index (χ4n) is 5.55. The standard InChI is InChI=1S/C27H35N3O2/c1-29(2)26-15-10-21-16-30(17-25(21)26)23-13-11-22(12-14-23)28-27(31)20-8-6-19(7-9-20)18-32-24-4-3-5-24/h6-9,11-14,21,24-26H,3-5,10,15-18H2,1-2H3,(H,28,31)/t21-,25+,26-/m1/s1. The molecule has 0 radical (unpaired) electrons. The molecule has 5 nitrogen and oxygen atoms in total. The van der Waals surface area contributed by atoms with Gasteiger partial charge in [0, 0.05) is 36.1 Å². The molecule has 5 rings (SSSR count). The van der Waals surface area contributed by atoms with Gasteiger partial charge in [0.25, 0.3) is 5.91 Å². The molecule has 0 unspecified atom stereocenters. The Morgan fingerprint density at radius 3 is 2.41 bits per heavy atom. The van der Waals surface area contributed by atoms with Crippen LogP contribution in [0.5, 0.6) is 0 Å². The minimum absolute atomic E-state index is 0.0752. The number of fused-ring (bicyclic) bond motifs is 1. The van der Waals surface area contributed by atoms with Crippen molar-refractivity contribution in [2.75, 3.05) is 37.4 Å². The Balaban J connectivity index is 1.15. The zero-order chi connectivity index (χ0) is 22.1. The molecule has 1 heterocycles. The highest BCUT2D eigenvalue weighted by atomic mass is 16.5. The Kier molecular flexibility index (Phi) is 6.20. The average molecular weight is 434 g/mol. The topological polar surface area (TPSA) is 44.8 Å². The molecular weight excluding hydrogens is 398 g/mol. The molecule has 170 valence electrons. The van der Waals surface area contributed by atoms with Gasteiger partial charge in [-0.1, -0.05) is 12.1 Å². The lowest BCUT2D eigenvalue weighted by molar-refractivity contribution is -0.00866. The molecule has 3 fully saturated rings. The van der Waals surface area contributed by atoms with Crippen LogP contribution in [-0.2, 0) is 11.3 Å². The van der Waals surface area contributed by atoms with Crippen LogP contribution in [0.1, 0.15) is 48.0 Å². The summed E-state index contributed by atoms with van der Waals surface area (Å²) in [5, 5.41) is 3.03. The molecule has 1 amide bonds. The molecule has 2 saturated carbocycles. The zero-order valence-electron chi connectivity index (χ0n) is 19.3. The number of benzene rings is 2. The van der Waals surface area contributed by atoms with Gasteiger partial charge >= 0.3 is 0 Å². The van der Waals surface area contributed by atoms with Crippen molar-refractivity contribution < 1.29 is 9.53 Å². The zero-order valence-corrected chi connectivity index (χ0v) is 19.3. The van der Waals surface area contributed by atoms with Gasteiger partial charge in [0.2, 0.25) is 0 Å². The van der Waals surface area contributed by atoms with Crippen molar-refractivity contribution in [2.45, 2.75) is 50.9 Å². The number of hydrogen-bond acceptors (Lipinski definition) is 4. The summed E-state index contributed by atoms with van der Waals surface area (Å²) in [6, 6.07) is 16.8. The largest absolute Gasteiger partial charge is 0.374 e. The first-order chi connectivity index (χ1) is 15.6. The molecule has 0 bridgehead atoms. The average Bonchev–Trinajstić information content (AvgIpc) is 3.34. The van der Waals surface area contributed by atoms with Gasteiger partial charge in [-0.05, 0) is 100.0 Å². The van der Waals surface area contributed by atoms with E-state index >= 15 is 0 Å². The monoisotopic (exact) mass is 433 g/mol. The van der Waals surface area contributed by atoms with Gasteiger partial charge in [-0.2, -0.15) is 0 Å². The van der Waals surface area contributed by atoms with Crippen LogP contribution in [0.4, 0.5) is 11.4 Å². The van der Waals surface area contributed by atoms with Crippen LogP contribution in [0.15, 0.2) is 48.5 Å². The van der Waals surface area contributed by atoms with Gasteiger partial charge < -0.3 is 19.9 Å². The van der Waals surface area contributed by atoms with Crippen molar-refractivity contribution in [3.05, 3.63) is 59.7 Å². The quantitative estimate of drug-likeness (QED) is 0.682. The lowest BCUT2D eigenvalue weighted by Gasteiger charge is -2.27. The highest BCUT2D eigenvalue weighted by molar-refractivity contribution is 6.04. The second kappa shape index (κ2) is 9.24. The van der Waals surface area contributed by atoms with Crippen molar-refractivity contribution in [1.29, 1.82) is 0 Å². The SMILES string of the molecule is CN(C)[C@@H]1CC[C@@H]2CN(c3ccc(NC(=O)c4ccc(COC5CCC5)cc4)cc3)C[C@@H]21. The first-order valence-electron chi connectivity index (χ1n) is 12.1. The van der Waals surface area contributed by atoms with E-state index in [2.05, 4.69) is 41.3 Å². The highest BCUT2D eigenvalue weighted by Crippen LogP contribution is 2.41. The van der Waals surface area contributed by atoms with Gasteiger partial charge in [-0.25, -0.2) is 0 Å². The molecule has 2 aromatic carbocycles. The summed E-state index contributed by atoms with van der Waals surface area (Å²) < 4.78 is 5.85. The summed E-state index contributed by atoms with van der Waals surface area (Å²) in [5.41, 5.74) is 3.88. The second-order valence-electron chi connectivity index (χ2n) is 10.00. The van der Waals surface area contributed by atoms with Crippen LogP contribution in [-0.4, -0.2) is 50.1 Å². The second-order valence-corrected chi connectivity index (χ2v) is 10.00. The molecule has 2 aromatic rings. The van der Waals surface area contributed by atoms with Crippen LogP contribution in [0.3, 0.4) is 0 Å². The maximum absolute atomic E-state index is 12.7. The van der Waals surface area contributed by atoms with E-state index in [1.165, 1.54) is 37.8 Å². The number of ether oxygens (including phenoxy) is 1. The summed E-state index contributed by atoms with van der Waals surface area (Å²) in [6.45, 7) is 2.91. The van der Waals surface area contributed by atoms with Gasteiger partial charge in [-0.3, -0.25) is 4.79 Å². The fourth-order valence-corrected chi connectivity index (χ4v) is 5.55. The maximum Gasteiger partial charge on any atom is 0.255 e. The Bertz CT molecular complexity index is 921. The summed E-state index contributed by atoms with van der Waals surface area (Å²) >= 11 is 0. The minimum atomic E-state index is -0.0752. The van der Waals surface area contributed by atoms with Crippen LogP contribution in [0, 0.1) is 11.8 Å². The summed E-state index contributed by atoms with van der Waals surface area (Å²) in [5.74, 6) is 1.50. The van der Waals surface area contributed by atoms with E-state index in [-0.39, 0.29) is 5.91 Å². The van der Waals surface area contributed by atoms with Crippen molar-refractivity contribution in [3.8, 4) is 0 Å². The van der Waals surface area contributed by atoms with Crippen LogP contribution < -0.4 is 10.2 Å². The maximum atomic E-state index is 12.7. The smallest absolute Gasteiger partial charge is 0.255 e. The predicted octanol–water partition coefficient (Wildman–Crippen LogP) is 4.78. The van der Waals surface area contributed by atoms with E-state index in [0.717, 1.165) is 36.2 Å². The molecule has 3 atom stereocenters. The third kappa shape index (κ3) is 4.55. The molecule has 2 aliphatic carbocycles. The molecule has 1 N–H and O–H groups in total. The first kappa shape index (κ1) is 21.5. The van der Waals surface area contributed by atoms with Crippen molar-refractivity contribution in [2.24, 2.45) is 11.8 Å². The summed E-state index contributed by atoms with van der Waals surface area (Å²) in [6.07, 6.45) is 6.72. The molecule has 1 aliphatic heterocycles. The number of amides is 1. The molecule has 0 aromatic heterocycles. The Morgan fingerprint density at radius 1 is 1.00 bits per heavy atom. The normalized spacial score (nSPS) is 25.1. The third-order valence-corrected chi connectivity index (χ3v) is 7.73. The summed E-state index contributed by atoms with van der Waals surface area (Å²) in [7, 11) is 4.42. The van der Waals surface area contributed by atoms with Crippen LogP contribution in [0.2, 0.25) is 0 Å². The first-order valence-corrected chi connectivity index (χ1v) is 12.1. The fraction of sp³-hybridized carbons (Fsp3) is 0.519. The van der Waals surface area contributed by atoms with E-state index in [1.54, 1.807) is 0 Å². The number of hydrogen-bond donors (Lipinski definition) is 1. The van der Waals surface area contributed by atoms with E-state index in [9.17, 15) is 4.79 Å². The molecule has 0 spiro atoms. The number of carbonyl (C=O) groups excluding carboxylic acids is 1. The number of nitrogens with zero attached hydrogens (tertiary/aromatic N) is 2. The van der Waals surface area contributed by atoms with E-state index < -0.39 is 0 Å². The van der Waals surface area contributed by atoms with Crippen molar-refractivity contribution >= 4 is 17.3 Å². The molecule has 1 saturated heterocycles. The minimum Gasteiger partial charge on any atom is -0.374 e. The van der Waals surface area contributed by atoms with E-state index in [1.807, 2.05) is 36.4 Å². The van der Waals surface area contributed by atoms with E-state index in [0.29, 0.717) is 24.3 Å². The Morgan fingerprint density at radius 2 is 1.75 bits per heavy atom. The van der Waals surface area contributed by atoms with Crippen molar-refractivity contribution in [3.63, 3.8) is 0 Å². The number of rotatable bonds is 7. The van der Waals surface area contributed by atoms with Crippen LogP contribution in [0.25, 0.3) is 0 Å². The van der Waals surface area contributed by atoms with Gasteiger partial charge in [0.05, 0.1) is 12.7 Å². The predicted molar refractivity (Wildman–Crippen MR) is 129 cm³/mol. The number of carbonyl (C=O) groups is 1. The van der Waals surface area contributed by atoms with Gasteiger partial charge in [-0.15, -0.1) is 0 Å².